The van der Waals surface area contributed by atoms with Gasteiger partial charge < -0.3 is 16.2 Å². The van der Waals surface area contributed by atoms with Crippen molar-refractivity contribution in [2.75, 3.05) is 13.2 Å². The molecular weight excluding hydrogens is 140 g/mol. The molecule has 0 aliphatic rings. The zero-order valence-electron chi connectivity index (χ0n) is 6.13. The highest BCUT2D eigenvalue weighted by Crippen LogP contribution is 1.87. The summed E-state index contributed by atoms with van der Waals surface area (Å²) in [5, 5.41) is 0. The van der Waals surface area contributed by atoms with E-state index in [0.717, 1.165) is 0 Å². The average molecular weight is 164 g/mol. The molecule has 0 rings (SSSR count). The first-order chi connectivity index (χ1) is 4.16. The SMILES string of the molecule is C.C.CC(N)COC(C)CN. The van der Waals surface area contributed by atoms with Crippen LogP contribution in [0.1, 0.15) is 28.7 Å². The van der Waals surface area contributed by atoms with Crippen molar-refractivity contribution in [3.05, 3.63) is 0 Å². The monoisotopic (exact) mass is 164 g/mol. The number of ether oxygens (including phenoxy) is 1. The fourth-order valence-electron chi connectivity index (χ4n) is 0.384. The maximum Gasteiger partial charge on any atom is 0.0669 e. The van der Waals surface area contributed by atoms with Crippen LogP contribution in [0.5, 0.6) is 0 Å². The molecule has 72 valence electrons. The Kier molecular flexibility index (Phi) is 15.4. The second kappa shape index (κ2) is 9.88. The Bertz CT molecular complexity index is 67.1. The van der Waals surface area contributed by atoms with Gasteiger partial charge in [-0.25, -0.2) is 0 Å². The molecule has 0 spiro atoms. The molecule has 0 aromatic heterocycles. The zero-order valence-corrected chi connectivity index (χ0v) is 6.13. The maximum absolute atomic E-state index is 5.43. The third-order valence-corrected chi connectivity index (χ3v) is 0.976. The highest BCUT2D eigenvalue weighted by Gasteiger charge is 1.99. The molecule has 2 atom stereocenters. The molecule has 4 N–H and O–H groups in total. The van der Waals surface area contributed by atoms with Gasteiger partial charge in [0, 0.05) is 12.6 Å². The van der Waals surface area contributed by atoms with E-state index in [9.17, 15) is 0 Å². The van der Waals surface area contributed by atoms with Gasteiger partial charge in [0.25, 0.3) is 0 Å². The Hall–Kier alpha value is -0.120. The normalized spacial score (nSPS) is 14.2. The molecule has 0 fully saturated rings. The van der Waals surface area contributed by atoms with Gasteiger partial charge in [0.05, 0.1) is 12.7 Å². The minimum absolute atomic E-state index is 0. The molecular formula is C8H24N2O. The first-order valence-corrected chi connectivity index (χ1v) is 3.24. The lowest BCUT2D eigenvalue weighted by molar-refractivity contribution is 0.0646. The summed E-state index contributed by atoms with van der Waals surface area (Å²) in [5.74, 6) is 0. The van der Waals surface area contributed by atoms with Gasteiger partial charge in [0.1, 0.15) is 0 Å². The van der Waals surface area contributed by atoms with Crippen LogP contribution >= 0.6 is 0 Å². The lowest BCUT2D eigenvalue weighted by Gasteiger charge is -2.11. The van der Waals surface area contributed by atoms with Crippen LogP contribution in [0, 0.1) is 0 Å². The Morgan fingerprint density at radius 1 is 1.27 bits per heavy atom. The molecule has 0 radical (unpaired) electrons. The predicted molar refractivity (Wildman–Crippen MR) is 51.6 cm³/mol. The van der Waals surface area contributed by atoms with E-state index >= 15 is 0 Å². The largest absolute Gasteiger partial charge is 0.376 e. The smallest absolute Gasteiger partial charge is 0.0669 e. The summed E-state index contributed by atoms with van der Waals surface area (Å²) in [4.78, 5) is 0. The number of rotatable bonds is 4. The molecule has 2 unspecified atom stereocenters. The van der Waals surface area contributed by atoms with E-state index in [-0.39, 0.29) is 27.0 Å². The summed E-state index contributed by atoms with van der Waals surface area (Å²) in [6.45, 7) is 5.00. The Morgan fingerprint density at radius 2 is 1.73 bits per heavy atom. The summed E-state index contributed by atoms with van der Waals surface area (Å²) < 4.78 is 5.20. The van der Waals surface area contributed by atoms with Crippen LogP contribution in [0.25, 0.3) is 0 Å². The van der Waals surface area contributed by atoms with Crippen molar-refractivity contribution in [3.63, 3.8) is 0 Å². The fourth-order valence-corrected chi connectivity index (χ4v) is 0.384. The summed E-state index contributed by atoms with van der Waals surface area (Å²) in [6.07, 6.45) is 0.135. The highest BCUT2D eigenvalue weighted by atomic mass is 16.5. The standard InChI is InChI=1S/C6H16N2O.2CH4/c1-5(8)4-9-6(2)3-7;;/h5-6H,3-4,7-8H2,1-2H3;2*1H4. The Morgan fingerprint density at radius 3 is 2.00 bits per heavy atom. The number of nitrogens with two attached hydrogens (primary N) is 2. The van der Waals surface area contributed by atoms with Gasteiger partial charge in [-0.15, -0.1) is 0 Å². The van der Waals surface area contributed by atoms with Crippen molar-refractivity contribution in [1.82, 2.24) is 0 Å². The first kappa shape index (κ1) is 17.1. The second-order valence-electron chi connectivity index (χ2n) is 2.36. The van der Waals surface area contributed by atoms with Crippen molar-refractivity contribution >= 4 is 0 Å². The quantitative estimate of drug-likeness (QED) is 0.651. The molecule has 0 aliphatic heterocycles. The number of hydrogen-bond donors (Lipinski definition) is 2. The molecule has 3 nitrogen and oxygen atoms in total. The Balaban J connectivity index is -0.000000320. The number of hydrogen-bond acceptors (Lipinski definition) is 3. The second-order valence-corrected chi connectivity index (χ2v) is 2.36. The van der Waals surface area contributed by atoms with Crippen molar-refractivity contribution in [1.29, 1.82) is 0 Å². The summed E-state index contributed by atoms with van der Waals surface area (Å²) in [5.41, 5.74) is 10.7. The molecule has 0 saturated heterocycles. The van der Waals surface area contributed by atoms with E-state index < -0.39 is 0 Å². The fraction of sp³-hybridized carbons (Fsp3) is 1.00. The van der Waals surface area contributed by atoms with Crippen LogP contribution in [-0.4, -0.2) is 25.3 Å². The molecule has 0 aliphatic carbocycles. The van der Waals surface area contributed by atoms with Crippen LogP contribution < -0.4 is 11.5 Å². The Labute approximate surface area is 71.1 Å². The van der Waals surface area contributed by atoms with Gasteiger partial charge in [-0.2, -0.15) is 0 Å². The van der Waals surface area contributed by atoms with E-state index in [1.54, 1.807) is 0 Å². The minimum Gasteiger partial charge on any atom is -0.376 e. The first-order valence-electron chi connectivity index (χ1n) is 3.24. The molecule has 0 aromatic carbocycles. The average Bonchev–Trinajstić information content (AvgIpc) is 1.83. The topological polar surface area (TPSA) is 61.3 Å². The lowest BCUT2D eigenvalue weighted by Crippen LogP contribution is -2.28. The molecule has 0 saturated carbocycles. The molecule has 0 bridgehead atoms. The third-order valence-electron chi connectivity index (χ3n) is 0.976. The van der Waals surface area contributed by atoms with Crippen LogP contribution in [0.15, 0.2) is 0 Å². The molecule has 11 heavy (non-hydrogen) atoms. The highest BCUT2D eigenvalue weighted by molar-refractivity contribution is 4.53. The zero-order chi connectivity index (χ0) is 7.28. The summed E-state index contributed by atoms with van der Waals surface area (Å²) >= 11 is 0. The van der Waals surface area contributed by atoms with Gasteiger partial charge in [-0.3, -0.25) is 0 Å². The van der Waals surface area contributed by atoms with E-state index in [1.165, 1.54) is 0 Å². The van der Waals surface area contributed by atoms with Gasteiger partial charge in [-0.05, 0) is 13.8 Å². The van der Waals surface area contributed by atoms with Crippen molar-refractivity contribution in [2.24, 2.45) is 11.5 Å². The molecule has 0 aromatic rings. The molecule has 3 heteroatoms. The van der Waals surface area contributed by atoms with E-state index in [2.05, 4.69) is 0 Å². The van der Waals surface area contributed by atoms with Crippen LogP contribution in [0.3, 0.4) is 0 Å². The maximum atomic E-state index is 5.43. The summed E-state index contributed by atoms with van der Waals surface area (Å²) in [7, 11) is 0. The predicted octanol–water partition coefficient (Wildman–Crippen LogP) is 0.970. The van der Waals surface area contributed by atoms with Crippen molar-refractivity contribution < 1.29 is 4.74 Å². The minimum atomic E-state index is 0. The third kappa shape index (κ3) is 13.0. The van der Waals surface area contributed by atoms with Crippen LogP contribution in [0.2, 0.25) is 0 Å². The van der Waals surface area contributed by atoms with E-state index in [1.807, 2.05) is 13.8 Å². The van der Waals surface area contributed by atoms with Gasteiger partial charge in [-0.1, -0.05) is 14.9 Å². The van der Waals surface area contributed by atoms with Crippen molar-refractivity contribution in [3.8, 4) is 0 Å². The lowest BCUT2D eigenvalue weighted by atomic mass is 10.4. The molecule has 0 amide bonds. The van der Waals surface area contributed by atoms with E-state index in [4.69, 9.17) is 16.2 Å². The molecule has 0 heterocycles. The summed E-state index contributed by atoms with van der Waals surface area (Å²) in [6, 6.07) is 0.110. The van der Waals surface area contributed by atoms with Crippen molar-refractivity contribution in [2.45, 2.75) is 40.8 Å². The van der Waals surface area contributed by atoms with Gasteiger partial charge in [0.15, 0.2) is 0 Å². The van der Waals surface area contributed by atoms with Crippen LogP contribution in [0.4, 0.5) is 0 Å². The van der Waals surface area contributed by atoms with Gasteiger partial charge >= 0.3 is 0 Å². The van der Waals surface area contributed by atoms with Gasteiger partial charge in [0.2, 0.25) is 0 Å². The van der Waals surface area contributed by atoms with Crippen LogP contribution in [-0.2, 0) is 4.74 Å². The van der Waals surface area contributed by atoms with E-state index in [0.29, 0.717) is 13.2 Å².